The van der Waals surface area contributed by atoms with Crippen LogP contribution in [0.25, 0.3) is 0 Å². The zero-order chi connectivity index (χ0) is 24.2. The van der Waals surface area contributed by atoms with Gasteiger partial charge in [-0.2, -0.15) is 0 Å². The molecule has 0 saturated heterocycles. The van der Waals surface area contributed by atoms with Crippen LogP contribution < -0.4 is 9.47 Å². The maximum Gasteiger partial charge on any atom is 0.339 e. The van der Waals surface area contributed by atoms with E-state index < -0.39 is 24.1 Å². The van der Waals surface area contributed by atoms with Crippen molar-refractivity contribution < 1.29 is 38.7 Å². The van der Waals surface area contributed by atoms with Crippen molar-refractivity contribution >= 4 is 11.9 Å². The molecule has 0 radical (unpaired) electrons. The first kappa shape index (κ1) is 24.8. The first-order valence-corrected chi connectivity index (χ1v) is 10.7. The molecule has 178 valence electrons. The lowest BCUT2D eigenvalue weighted by molar-refractivity contribution is 0.00994. The molecular formula is C26H26O8. The maximum atomic E-state index is 12.5. The summed E-state index contributed by atoms with van der Waals surface area (Å²) in [6.45, 7) is -0.761. The first-order valence-electron chi connectivity index (χ1n) is 10.7. The monoisotopic (exact) mass is 466 g/mol. The fourth-order valence-corrected chi connectivity index (χ4v) is 2.85. The van der Waals surface area contributed by atoms with Crippen LogP contribution in [0, 0.1) is 0 Å². The average molecular weight is 466 g/mol. The van der Waals surface area contributed by atoms with E-state index in [2.05, 4.69) is 0 Å². The second-order valence-corrected chi connectivity index (χ2v) is 7.30. The molecule has 3 aromatic carbocycles. The van der Waals surface area contributed by atoms with E-state index in [4.69, 9.17) is 18.9 Å². The Balaban J connectivity index is 1.46. The molecule has 0 aliphatic carbocycles. The summed E-state index contributed by atoms with van der Waals surface area (Å²) in [5.74, 6) is -0.423. The molecular weight excluding hydrogens is 440 g/mol. The molecule has 2 atom stereocenters. The summed E-state index contributed by atoms with van der Waals surface area (Å²) in [5, 5.41) is 20.1. The highest BCUT2D eigenvalue weighted by Gasteiger charge is 2.21. The second-order valence-electron chi connectivity index (χ2n) is 7.30. The van der Waals surface area contributed by atoms with E-state index in [1.165, 1.54) is 12.1 Å². The van der Waals surface area contributed by atoms with Crippen LogP contribution >= 0.6 is 0 Å². The smallest absolute Gasteiger partial charge is 0.339 e. The zero-order valence-corrected chi connectivity index (χ0v) is 18.4. The summed E-state index contributed by atoms with van der Waals surface area (Å²) in [4.78, 5) is 25.0. The van der Waals surface area contributed by atoms with E-state index in [9.17, 15) is 19.8 Å². The molecule has 2 N–H and O–H groups in total. The van der Waals surface area contributed by atoms with Crippen LogP contribution in [-0.2, 0) is 9.47 Å². The van der Waals surface area contributed by atoms with Gasteiger partial charge in [-0.25, -0.2) is 9.59 Å². The largest absolute Gasteiger partial charge is 0.491 e. The molecule has 0 aromatic heterocycles. The van der Waals surface area contributed by atoms with Gasteiger partial charge in [-0.1, -0.05) is 48.5 Å². The van der Waals surface area contributed by atoms with Crippen LogP contribution in [0.4, 0.5) is 0 Å². The standard InChI is InChI=1S/C26H26O8/c27-19(15-31-21-9-3-1-4-10-21)17-33-25(29)23-13-7-8-14-24(23)26(30)34-18-20(28)16-32-22-11-5-2-6-12-22/h1-14,19-20,27-28H,15-18H2. The Bertz CT molecular complexity index is 954. The van der Waals surface area contributed by atoms with Crippen molar-refractivity contribution in [3.8, 4) is 11.5 Å². The summed E-state index contributed by atoms with van der Waals surface area (Å²) in [5.41, 5.74) is -0.0302. The molecule has 0 bridgehead atoms. The maximum absolute atomic E-state index is 12.5. The fraction of sp³-hybridized carbons (Fsp3) is 0.231. The summed E-state index contributed by atoms with van der Waals surface area (Å²) in [7, 11) is 0. The number of carbonyl (C=O) groups excluding carboxylic acids is 2. The van der Waals surface area contributed by atoms with Crippen molar-refractivity contribution in [2.45, 2.75) is 12.2 Å². The third-order valence-electron chi connectivity index (χ3n) is 4.55. The number of carbonyl (C=O) groups is 2. The van der Waals surface area contributed by atoms with E-state index in [1.54, 1.807) is 60.7 Å². The molecule has 0 spiro atoms. The normalized spacial score (nSPS) is 12.3. The van der Waals surface area contributed by atoms with Crippen LogP contribution in [0.2, 0.25) is 0 Å². The van der Waals surface area contributed by atoms with Gasteiger partial charge in [-0.3, -0.25) is 0 Å². The number of aliphatic hydroxyl groups is 2. The fourth-order valence-electron chi connectivity index (χ4n) is 2.85. The van der Waals surface area contributed by atoms with Gasteiger partial charge in [0.1, 0.15) is 50.1 Å². The van der Waals surface area contributed by atoms with E-state index in [1.807, 2.05) is 12.1 Å². The van der Waals surface area contributed by atoms with Crippen molar-refractivity contribution in [3.05, 3.63) is 96.1 Å². The lowest BCUT2D eigenvalue weighted by Crippen LogP contribution is -2.27. The quantitative estimate of drug-likeness (QED) is 0.392. The number of benzene rings is 3. The molecule has 0 saturated carbocycles. The predicted octanol–water partition coefficient (Wildman–Crippen LogP) is 2.88. The molecule has 2 unspecified atom stereocenters. The third kappa shape index (κ3) is 7.91. The molecule has 0 heterocycles. The minimum atomic E-state index is -1.05. The van der Waals surface area contributed by atoms with Gasteiger partial charge >= 0.3 is 11.9 Å². The number of aliphatic hydroxyl groups excluding tert-OH is 2. The van der Waals surface area contributed by atoms with Gasteiger partial charge in [-0.05, 0) is 36.4 Å². The molecule has 34 heavy (non-hydrogen) atoms. The van der Waals surface area contributed by atoms with Gasteiger partial charge in [0.15, 0.2) is 0 Å². The lowest BCUT2D eigenvalue weighted by Gasteiger charge is -2.15. The van der Waals surface area contributed by atoms with Gasteiger partial charge in [0.25, 0.3) is 0 Å². The molecule has 8 heteroatoms. The molecule has 0 aliphatic heterocycles. The van der Waals surface area contributed by atoms with Crippen molar-refractivity contribution in [1.29, 1.82) is 0 Å². The Hall–Kier alpha value is -3.88. The van der Waals surface area contributed by atoms with Gasteiger partial charge in [0, 0.05) is 0 Å². The van der Waals surface area contributed by atoms with Gasteiger partial charge in [0.2, 0.25) is 0 Å². The Morgan fingerprint density at radius 3 is 1.29 bits per heavy atom. The van der Waals surface area contributed by atoms with Crippen molar-refractivity contribution in [3.63, 3.8) is 0 Å². The zero-order valence-electron chi connectivity index (χ0n) is 18.4. The van der Waals surface area contributed by atoms with Crippen molar-refractivity contribution in [2.24, 2.45) is 0 Å². The summed E-state index contributed by atoms with van der Waals surface area (Å²) in [6, 6.07) is 23.8. The van der Waals surface area contributed by atoms with E-state index >= 15 is 0 Å². The molecule has 3 rings (SSSR count). The molecule has 8 nitrogen and oxygen atoms in total. The van der Waals surface area contributed by atoms with Gasteiger partial charge in [-0.15, -0.1) is 0 Å². The highest BCUT2D eigenvalue weighted by atomic mass is 16.6. The van der Waals surface area contributed by atoms with Gasteiger partial charge < -0.3 is 29.2 Å². The lowest BCUT2D eigenvalue weighted by atomic mass is 10.1. The number of para-hydroxylation sites is 2. The Morgan fingerprint density at radius 2 is 0.912 bits per heavy atom. The summed E-state index contributed by atoms with van der Waals surface area (Å²) in [6.07, 6.45) is -2.11. The molecule has 0 aliphatic rings. The highest BCUT2D eigenvalue weighted by molar-refractivity contribution is 6.03. The molecule has 0 fully saturated rings. The van der Waals surface area contributed by atoms with Crippen LogP contribution in [0.15, 0.2) is 84.9 Å². The number of hydrogen-bond donors (Lipinski definition) is 2. The van der Waals surface area contributed by atoms with E-state index in [0.717, 1.165) is 0 Å². The first-order chi connectivity index (χ1) is 16.5. The Morgan fingerprint density at radius 1 is 0.559 bits per heavy atom. The minimum absolute atomic E-state index is 0.0151. The van der Waals surface area contributed by atoms with E-state index in [0.29, 0.717) is 11.5 Å². The SMILES string of the molecule is O=C(OCC(O)COc1ccccc1)c1ccccc1C(=O)OCC(O)COc1ccccc1. The Labute approximate surface area is 197 Å². The van der Waals surface area contributed by atoms with Crippen LogP contribution in [0.1, 0.15) is 20.7 Å². The Kier molecular flexibility index (Phi) is 9.45. The second kappa shape index (κ2) is 13.0. The van der Waals surface area contributed by atoms with Crippen LogP contribution in [0.5, 0.6) is 11.5 Å². The number of hydrogen-bond acceptors (Lipinski definition) is 8. The number of ether oxygens (including phenoxy) is 4. The van der Waals surface area contributed by atoms with Crippen molar-refractivity contribution in [2.75, 3.05) is 26.4 Å². The topological polar surface area (TPSA) is 112 Å². The predicted molar refractivity (Wildman–Crippen MR) is 123 cm³/mol. The number of rotatable bonds is 12. The minimum Gasteiger partial charge on any atom is -0.491 e. The van der Waals surface area contributed by atoms with Crippen LogP contribution in [-0.4, -0.2) is 60.8 Å². The van der Waals surface area contributed by atoms with Gasteiger partial charge in [0.05, 0.1) is 11.1 Å². The number of esters is 2. The average Bonchev–Trinajstić information content (AvgIpc) is 2.89. The highest BCUT2D eigenvalue weighted by Crippen LogP contribution is 2.14. The summed E-state index contributed by atoms with van der Waals surface area (Å²) < 4.78 is 21.1. The van der Waals surface area contributed by atoms with E-state index in [-0.39, 0.29) is 37.6 Å². The molecule has 3 aromatic rings. The molecule has 0 amide bonds. The van der Waals surface area contributed by atoms with Crippen molar-refractivity contribution in [1.82, 2.24) is 0 Å². The van der Waals surface area contributed by atoms with Crippen LogP contribution in [0.3, 0.4) is 0 Å². The third-order valence-corrected chi connectivity index (χ3v) is 4.55. The summed E-state index contributed by atoms with van der Waals surface area (Å²) >= 11 is 0.